The lowest BCUT2D eigenvalue weighted by atomic mass is 10.0. The Balaban J connectivity index is 1.76. The van der Waals surface area contributed by atoms with Crippen molar-refractivity contribution in [3.63, 3.8) is 0 Å². The predicted molar refractivity (Wildman–Crippen MR) is 114 cm³/mol. The van der Waals surface area contributed by atoms with Gasteiger partial charge in [-0.3, -0.25) is 4.79 Å². The van der Waals surface area contributed by atoms with Gasteiger partial charge in [-0.15, -0.1) is 22.7 Å². The number of hydrogen-bond donors (Lipinski definition) is 3. The van der Waals surface area contributed by atoms with Gasteiger partial charge in [-0.1, -0.05) is 18.2 Å². The van der Waals surface area contributed by atoms with Gasteiger partial charge in [-0.05, 0) is 29.1 Å². The molecule has 0 unspecified atom stereocenters. The fourth-order valence-corrected chi connectivity index (χ4v) is 4.80. The average molecular weight is 423 g/mol. The number of carbonyl (C=O) groups excluding carboxylic acids is 1. The maximum absolute atomic E-state index is 13.0. The van der Waals surface area contributed by atoms with Crippen LogP contribution < -0.4 is 16.8 Å². The SMILES string of the molecule is N#Cc1c(N)nc2sc(C(=O)NCc3ccc(F)cc3)c(N)c2c1-c1cccs1. The van der Waals surface area contributed by atoms with E-state index >= 15 is 0 Å². The third kappa shape index (κ3) is 3.40. The van der Waals surface area contributed by atoms with Crippen LogP contribution in [0, 0.1) is 17.1 Å². The molecular weight excluding hydrogens is 409 g/mol. The van der Waals surface area contributed by atoms with Gasteiger partial charge in [0.05, 0.1) is 5.69 Å². The minimum Gasteiger partial charge on any atom is -0.397 e. The molecule has 144 valence electrons. The molecule has 3 aromatic heterocycles. The van der Waals surface area contributed by atoms with Gasteiger partial charge in [0.25, 0.3) is 5.91 Å². The van der Waals surface area contributed by atoms with E-state index in [2.05, 4.69) is 16.4 Å². The van der Waals surface area contributed by atoms with E-state index in [0.29, 0.717) is 20.7 Å². The zero-order valence-corrected chi connectivity index (χ0v) is 16.5. The number of halogens is 1. The second-order valence-corrected chi connectivity index (χ2v) is 8.12. The van der Waals surface area contributed by atoms with Crippen LogP contribution in [0.4, 0.5) is 15.9 Å². The van der Waals surface area contributed by atoms with Crippen LogP contribution in [0.15, 0.2) is 41.8 Å². The van der Waals surface area contributed by atoms with E-state index in [-0.39, 0.29) is 35.3 Å². The largest absolute Gasteiger partial charge is 0.397 e. The summed E-state index contributed by atoms with van der Waals surface area (Å²) in [4.78, 5) is 18.6. The Morgan fingerprint density at radius 3 is 2.66 bits per heavy atom. The topological polar surface area (TPSA) is 118 Å². The Bertz CT molecular complexity index is 1260. The molecule has 0 fully saturated rings. The lowest BCUT2D eigenvalue weighted by molar-refractivity contribution is 0.0956. The molecule has 29 heavy (non-hydrogen) atoms. The quantitative estimate of drug-likeness (QED) is 0.456. The van der Waals surface area contributed by atoms with Crippen LogP contribution in [-0.4, -0.2) is 10.9 Å². The smallest absolute Gasteiger partial charge is 0.263 e. The normalized spacial score (nSPS) is 10.8. The van der Waals surface area contributed by atoms with Crippen LogP contribution in [0.2, 0.25) is 0 Å². The van der Waals surface area contributed by atoms with Gasteiger partial charge in [0, 0.05) is 22.4 Å². The molecule has 0 aliphatic carbocycles. The third-order valence-electron chi connectivity index (χ3n) is 4.36. The van der Waals surface area contributed by atoms with Crippen molar-refractivity contribution in [2.24, 2.45) is 0 Å². The van der Waals surface area contributed by atoms with Crippen molar-refractivity contribution in [1.82, 2.24) is 10.3 Å². The predicted octanol–water partition coefficient (Wildman–Crippen LogP) is 4.13. The highest BCUT2D eigenvalue weighted by Gasteiger charge is 2.24. The molecule has 0 radical (unpaired) electrons. The van der Waals surface area contributed by atoms with E-state index in [1.165, 1.54) is 23.5 Å². The van der Waals surface area contributed by atoms with Crippen LogP contribution in [0.3, 0.4) is 0 Å². The summed E-state index contributed by atoms with van der Waals surface area (Å²) in [6, 6.07) is 11.7. The van der Waals surface area contributed by atoms with E-state index in [0.717, 1.165) is 21.8 Å². The number of fused-ring (bicyclic) bond motifs is 1. The fourth-order valence-electron chi connectivity index (χ4n) is 2.98. The number of benzene rings is 1. The summed E-state index contributed by atoms with van der Waals surface area (Å²) in [5, 5.41) is 14.8. The molecule has 0 spiro atoms. The molecule has 4 aromatic rings. The zero-order valence-electron chi connectivity index (χ0n) is 14.9. The first-order valence-electron chi connectivity index (χ1n) is 8.47. The van der Waals surface area contributed by atoms with Crippen molar-refractivity contribution in [3.05, 3.63) is 63.6 Å². The zero-order chi connectivity index (χ0) is 20.5. The molecule has 9 heteroatoms. The molecule has 1 amide bonds. The van der Waals surface area contributed by atoms with Crippen LogP contribution in [0.25, 0.3) is 20.7 Å². The standard InChI is InChI=1S/C20H14FN5OS2/c21-11-5-3-10(4-6-11)9-25-19(27)17-16(23)15-14(13-2-1-7-28-13)12(8-22)18(24)26-20(15)29-17/h1-7H,9,23H2,(H2,24,26)(H,25,27). The van der Waals surface area contributed by atoms with E-state index in [9.17, 15) is 14.4 Å². The lowest BCUT2D eigenvalue weighted by Gasteiger charge is -2.07. The second-order valence-electron chi connectivity index (χ2n) is 6.17. The van der Waals surface area contributed by atoms with Gasteiger partial charge in [0.2, 0.25) is 0 Å². The first-order valence-corrected chi connectivity index (χ1v) is 10.2. The molecule has 0 aliphatic rings. The summed E-state index contributed by atoms with van der Waals surface area (Å²) >= 11 is 2.57. The molecule has 6 nitrogen and oxygen atoms in total. The number of thiophene rings is 2. The second kappa shape index (κ2) is 7.50. The number of hydrogen-bond acceptors (Lipinski definition) is 7. The molecule has 0 bridgehead atoms. The Kier molecular flexibility index (Phi) is 4.88. The van der Waals surface area contributed by atoms with Gasteiger partial charge in [0.1, 0.15) is 33.0 Å². The highest BCUT2D eigenvalue weighted by molar-refractivity contribution is 7.21. The van der Waals surface area contributed by atoms with E-state index < -0.39 is 0 Å². The van der Waals surface area contributed by atoms with Crippen molar-refractivity contribution in [2.45, 2.75) is 6.54 Å². The molecule has 1 aromatic carbocycles. The molecule has 0 aliphatic heterocycles. The van der Waals surface area contributed by atoms with E-state index in [1.54, 1.807) is 12.1 Å². The van der Waals surface area contributed by atoms with E-state index in [4.69, 9.17) is 11.5 Å². The average Bonchev–Trinajstić information content (AvgIpc) is 3.35. The monoisotopic (exact) mass is 423 g/mol. The summed E-state index contributed by atoms with van der Waals surface area (Å²) in [6.45, 7) is 0.226. The summed E-state index contributed by atoms with van der Waals surface area (Å²) in [6.07, 6.45) is 0. The van der Waals surface area contributed by atoms with Crippen LogP contribution in [-0.2, 0) is 6.54 Å². The number of amides is 1. The number of anilines is 2. The first kappa shape index (κ1) is 18.9. The minimum absolute atomic E-state index is 0.0999. The number of nitriles is 1. The summed E-state index contributed by atoms with van der Waals surface area (Å²) in [5.74, 6) is -0.612. The molecule has 4 rings (SSSR count). The number of rotatable bonds is 4. The molecule has 0 saturated heterocycles. The number of nitrogens with one attached hydrogen (secondary N) is 1. The first-order chi connectivity index (χ1) is 14.0. The van der Waals surface area contributed by atoms with Crippen LogP contribution in [0.1, 0.15) is 20.8 Å². The van der Waals surface area contributed by atoms with E-state index in [1.807, 2.05) is 17.5 Å². The number of nitrogens with zero attached hydrogens (tertiary/aromatic N) is 2. The van der Waals surface area contributed by atoms with Crippen molar-refractivity contribution < 1.29 is 9.18 Å². The van der Waals surface area contributed by atoms with Crippen molar-refractivity contribution >= 4 is 50.3 Å². The third-order valence-corrected chi connectivity index (χ3v) is 6.34. The number of carbonyl (C=O) groups is 1. The van der Waals surface area contributed by atoms with Gasteiger partial charge < -0.3 is 16.8 Å². The Morgan fingerprint density at radius 1 is 1.24 bits per heavy atom. The Hall–Kier alpha value is -3.48. The number of aromatic nitrogens is 1. The maximum Gasteiger partial charge on any atom is 0.263 e. The highest BCUT2D eigenvalue weighted by Crippen LogP contribution is 2.43. The number of nitrogen functional groups attached to an aromatic ring is 2. The van der Waals surface area contributed by atoms with Crippen LogP contribution >= 0.6 is 22.7 Å². The Morgan fingerprint density at radius 2 is 2.00 bits per heavy atom. The number of pyridine rings is 1. The highest BCUT2D eigenvalue weighted by atomic mass is 32.1. The van der Waals surface area contributed by atoms with Crippen molar-refractivity contribution in [3.8, 4) is 16.5 Å². The van der Waals surface area contributed by atoms with Crippen LogP contribution in [0.5, 0.6) is 0 Å². The molecule has 0 saturated carbocycles. The lowest BCUT2D eigenvalue weighted by Crippen LogP contribution is -2.22. The maximum atomic E-state index is 13.0. The molecule has 0 atom stereocenters. The summed E-state index contributed by atoms with van der Waals surface area (Å²) in [5.41, 5.74) is 14.2. The van der Waals surface area contributed by atoms with Gasteiger partial charge in [-0.25, -0.2) is 9.37 Å². The van der Waals surface area contributed by atoms with Crippen molar-refractivity contribution in [1.29, 1.82) is 5.26 Å². The minimum atomic E-state index is -0.371. The van der Waals surface area contributed by atoms with Gasteiger partial charge in [0.15, 0.2) is 0 Å². The van der Waals surface area contributed by atoms with Gasteiger partial charge >= 0.3 is 0 Å². The molecule has 3 heterocycles. The van der Waals surface area contributed by atoms with Crippen molar-refractivity contribution in [2.75, 3.05) is 11.5 Å². The fraction of sp³-hybridized carbons (Fsp3) is 0.0500. The summed E-state index contributed by atoms with van der Waals surface area (Å²) in [7, 11) is 0. The van der Waals surface area contributed by atoms with Gasteiger partial charge in [-0.2, -0.15) is 5.26 Å². The Labute approximate surface area is 173 Å². The molecule has 5 N–H and O–H groups in total. The summed E-state index contributed by atoms with van der Waals surface area (Å²) < 4.78 is 13.0. The number of nitrogens with two attached hydrogens (primary N) is 2. The molecular formula is C20H14FN5OS2.